The number of amides is 1. The molecule has 1 aromatic heterocycles. The van der Waals surface area contributed by atoms with Crippen molar-refractivity contribution < 1.29 is 4.79 Å². The molecule has 1 aromatic rings. The van der Waals surface area contributed by atoms with Gasteiger partial charge in [-0.05, 0) is 46.8 Å². The number of rotatable bonds is 5. The summed E-state index contributed by atoms with van der Waals surface area (Å²) in [6.07, 6.45) is 2.16. The summed E-state index contributed by atoms with van der Waals surface area (Å²) in [5, 5.41) is 7.57. The van der Waals surface area contributed by atoms with Crippen molar-refractivity contribution in [3.05, 3.63) is 11.4 Å². The van der Waals surface area contributed by atoms with Gasteiger partial charge in [0, 0.05) is 19.6 Å². The summed E-state index contributed by atoms with van der Waals surface area (Å²) in [6.45, 7) is 11.5. The smallest absolute Gasteiger partial charge is 0.238 e. The molecular formula is C16H29N5O. The molecular weight excluding hydrogens is 278 g/mol. The van der Waals surface area contributed by atoms with Crippen LogP contribution in [0.5, 0.6) is 0 Å². The first-order valence-electron chi connectivity index (χ1n) is 8.26. The minimum atomic E-state index is 0.0619. The minimum Gasteiger partial charge on any atom is -0.322 e. The van der Waals surface area contributed by atoms with Crippen LogP contribution in [0, 0.1) is 13.8 Å². The molecule has 22 heavy (non-hydrogen) atoms. The number of anilines is 1. The lowest BCUT2D eigenvalue weighted by molar-refractivity contribution is -0.117. The number of hydrogen-bond acceptors (Lipinski definition) is 4. The van der Waals surface area contributed by atoms with E-state index in [0.29, 0.717) is 6.54 Å². The van der Waals surface area contributed by atoms with Gasteiger partial charge in [0.1, 0.15) is 0 Å². The first kappa shape index (κ1) is 17.0. The summed E-state index contributed by atoms with van der Waals surface area (Å²) >= 11 is 0. The molecule has 1 aliphatic heterocycles. The van der Waals surface area contributed by atoms with E-state index in [-0.39, 0.29) is 5.91 Å². The summed E-state index contributed by atoms with van der Waals surface area (Å²) in [6, 6.07) is 0. The van der Waals surface area contributed by atoms with Crippen molar-refractivity contribution in [2.45, 2.75) is 40.2 Å². The molecule has 1 N–H and O–H groups in total. The highest BCUT2D eigenvalue weighted by Crippen LogP contribution is 2.19. The number of hydrogen-bond donors (Lipinski definition) is 1. The van der Waals surface area contributed by atoms with Crippen LogP contribution in [0.3, 0.4) is 0 Å². The van der Waals surface area contributed by atoms with Crippen LogP contribution in [-0.2, 0) is 11.3 Å². The zero-order valence-electron chi connectivity index (χ0n) is 14.4. The van der Waals surface area contributed by atoms with Crippen LogP contribution >= 0.6 is 0 Å². The Balaban J connectivity index is 1.94. The second kappa shape index (κ2) is 7.74. The predicted octanol–water partition coefficient (Wildman–Crippen LogP) is 1.49. The number of likely N-dealkylation sites (N-methyl/N-ethyl adjacent to an activating group) is 1. The van der Waals surface area contributed by atoms with E-state index < -0.39 is 0 Å². The number of carbonyl (C=O) groups is 1. The molecule has 1 aliphatic rings. The molecule has 1 amide bonds. The van der Waals surface area contributed by atoms with Crippen LogP contribution in [0.15, 0.2) is 0 Å². The molecule has 0 radical (unpaired) electrons. The maximum absolute atomic E-state index is 12.3. The fourth-order valence-electron chi connectivity index (χ4n) is 2.95. The lowest BCUT2D eigenvalue weighted by Crippen LogP contribution is -2.36. The van der Waals surface area contributed by atoms with Crippen LogP contribution in [0.2, 0.25) is 0 Å². The first-order chi connectivity index (χ1) is 10.5. The number of carbonyl (C=O) groups excluding carboxylic acids is 1. The summed E-state index contributed by atoms with van der Waals surface area (Å²) in [7, 11) is 2.14. The highest BCUT2D eigenvalue weighted by Gasteiger charge is 2.18. The molecule has 0 unspecified atom stereocenters. The first-order valence-corrected chi connectivity index (χ1v) is 8.26. The summed E-state index contributed by atoms with van der Waals surface area (Å²) in [5.74, 6) is 0.0619. The molecule has 0 atom stereocenters. The van der Waals surface area contributed by atoms with Gasteiger partial charge in [0.25, 0.3) is 0 Å². The van der Waals surface area contributed by atoms with Gasteiger partial charge in [-0.2, -0.15) is 5.10 Å². The van der Waals surface area contributed by atoms with Crippen LogP contribution in [0.1, 0.15) is 31.2 Å². The van der Waals surface area contributed by atoms with E-state index in [2.05, 4.69) is 34.2 Å². The van der Waals surface area contributed by atoms with Crippen molar-refractivity contribution in [1.29, 1.82) is 0 Å². The van der Waals surface area contributed by atoms with Crippen molar-refractivity contribution in [2.75, 3.05) is 45.1 Å². The van der Waals surface area contributed by atoms with Gasteiger partial charge >= 0.3 is 0 Å². The summed E-state index contributed by atoms with van der Waals surface area (Å²) in [5.41, 5.74) is 2.82. The Morgan fingerprint density at radius 3 is 2.73 bits per heavy atom. The number of aryl methyl sites for hydroxylation is 2. The highest BCUT2D eigenvalue weighted by molar-refractivity contribution is 5.93. The van der Waals surface area contributed by atoms with E-state index in [0.717, 1.165) is 62.6 Å². The van der Waals surface area contributed by atoms with Gasteiger partial charge in [-0.1, -0.05) is 6.92 Å². The quantitative estimate of drug-likeness (QED) is 0.895. The van der Waals surface area contributed by atoms with Gasteiger partial charge in [0.05, 0.1) is 23.6 Å². The fraction of sp³-hybridized carbons (Fsp3) is 0.750. The Hall–Kier alpha value is -1.40. The lowest BCUT2D eigenvalue weighted by Gasteiger charge is -2.19. The molecule has 6 nitrogen and oxygen atoms in total. The normalized spacial score (nSPS) is 17.5. The molecule has 2 heterocycles. The van der Waals surface area contributed by atoms with E-state index in [1.54, 1.807) is 0 Å². The van der Waals surface area contributed by atoms with Gasteiger partial charge in [0.15, 0.2) is 0 Å². The Kier molecular flexibility index (Phi) is 5.97. The van der Waals surface area contributed by atoms with E-state index in [4.69, 9.17) is 0 Å². The summed E-state index contributed by atoms with van der Waals surface area (Å²) in [4.78, 5) is 16.9. The molecule has 6 heteroatoms. The zero-order valence-corrected chi connectivity index (χ0v) is 14.4. The maximum atomic E-state index is 12.3. The predicted molar refractivity (Wildman–Crippen MR) is 89.2 cm³/mol. The van der Waals surface area contributed by atoms with Crippen LogP contribution in [0.4, 0.5) is 5.69 Å². The minimum absolute atomic E-state index is 0.0619. The van der Waals surface area contributed by atoms with Crippen molar-refractivity contribution in [3.8, 4) is 0 Å². The Bertz CT molecular complexity index is 511. The summed E-state index contributed by atoms with van der Waals surface area (Å²) < 4.78 is 1.98. The number of nitrogens with one attached hydrogen (secondary N) is 1. The second-order valence-corrected chi connectivity index (χ2v) is 6.25. The van der Waals surface area contributed by atoms with E-state index >= 15 is 0 Å². The van der Waals surface area contributed by atoms with Crippen LogP contribution in [-0.4, -0.2) is 65.3 Å². The zero-order chi connectivity index (χ0) is 16.1. The van der Waals surface area contributed by atoms with E-state index in [1.165, 1.54) is 0 Å². The molecule has 124 valence electrons. The average Bonchev–Trinajstić information content (AvgIpc) is 2.64. The van der Waals surface area contributed by atoms with Gasteiger partial charge < -0.3 is 10.2 Å². The van der Waals surface area contributed by atoms with Crippen molar-refractivity contribution in [1.82, 2.24) is 19.6 Å². The van der Waals surface area contributed by atoms with Crippen molar-refractivity contribution in [3.63, 3.8) is 0 Å². The SMILES string of the molecule is CCCn1nc(C)c(NC(=O)CN2CCCN(C)CC2)c1C. The Labute approximate surface area is 133 Å². The Morgan fingerprint density at radius 2 is 2.00 bits per heavy atom. The topological polar surface area (TPSA) is 53.4 Å². The third-order valence-corrected chi connectivity index (χ3v) is 4.26. The second-order valence-electron chi connectivity index (χ2n) is 6.25. The van der Waals surface area contributed by atoms with Crippen molar-refractivity contribution >= 4 is 11.6 Å². The molecule has 1 saturated heterocycles. The van der Waals surface area contributed by atoms with Gasteiger partial charge in [0.2, 0.25) is 5.91 Å². The van der Waals surface area contributed by atoms with Gasteiger partial charge in [-0.3, -0.25) is 14.4 Å². The van der Waals surface area contributed by atoms with Crippen LogP contribution < -0.4 is 5.32 Å². The number of aromatic nitrogens is 2. The fourth-order valence-corrected chi connectivity index (χ4v) is 2.95. The van der Waals surface area contributed by atoms with Gasteiger partial charge in [-0.15, -0.1) is 0 Å². The third kappa shape index (κ3) is 4.30. The van der Waals surface area contributed by atoms with Crippen molar-refractivity contribution in [2.24, 2.45) is 0 Å². The monoisotopic (exact) mass is 307 g/mol. The standard InChI is InChI=1S/C16H29N5O/c1-5-7-21-14(3)16(13(2)18-21)17-15(22)12-20-9-6-8-19(4)10-11-20/h5-12H2,1-4H3,(H,17,22). The highest BCUT2D eigenvalue weighted by atomic mass is 16.2. The number of nitrogens with zero attached hydrogens (tertiary/aromatic N) is 4. The molecule has 0 spiro atoms. The molecule has 0 aliphatic carbocycles. The Morgan fingerprint density at radius 1 is 1.23 bits per heavy atom. The molecule has 2 rings (SSSR count). The lowest BCUT2D eigenvalue weighted by atomic mass is 10.3. The average molecular weight is 307 g/mol. The van der Waals surface area contributed by atoms with E-state index in [1.807, 2.05) is 18.5 Å². The molecule has 0 bridgehead atoms. The van der Waals surface area contributed by atoms with Crippen LogP contribution in [0.25, 0.3) is 0 Å². The molecule has 1 fully saturated rings. The third-order valence-electron chi connectivity index (χ3n) is 4.26. The largest absolute Gasteiger partial charge is 0.322 e. The molecule has 0 saturated carbocycles. The van der Waals surface area contributed by atoms with Gasteiger partial charge in [-0.25, -0.2) is 0 Å². The van der Waals surface area contributed by atoms with E-state index in [9.17, 15) is 4.79 Å². The molecule has 0 aromatic carbocycles. The maximum Gasteiger partial charge on any atom is 0.238 e.